The average Bonchev–Trinajstić information content (AvgIpc) is 3.07. The van der Waals surface area contributed by atoms with E-state index in [9.17, 15) is 4.79 Å². The molecule has 0 radical (unpaired) electrons. The Kier molecular flexibility index (Phi) is 6.08. The number of hydrogen-bond donors (Lipinski definition) is 0. The van der Waals surface area contributed by atoms with E-state index in [0.717, 1.165) is 35.2 Å². The molecule has 0 N–H and O–H groups in total. The van der Waals surface area contributed by atoms with Gasteiger partial charge in [0.1, 0.15) is 0 Å². The minimum Gasteiger partial charge on any atom is -0.407 e. The number of hydrogen-bond acceptors (Lipinski definition) is 5. The van der Waals surface area contributed by atoms with Crippen LogP contribution in [0.4, 0.5) is 0 Å². The van der Waals surface area contributed by atoms with Crippen LogP contribution < -0.4 is 5.46 Å². The molecule has 7 heteroatoms. The zero-order valence-corrected chi connectivity index (χ0v) is 17.8. The summed E-state index contributed by atoms with van der Waals surface area (Å²) in [5, 5.41) is 4.27. The first-order valence-electron chi connectivity index (χ1n) is 9.78. The van der Waals surface area contributed by atoms with Gasteiger partial charge in [-0.05, 0) is 64.4 Å². The molecular weight excluding hydrogens is 353 g/mol. The molecule has 0 atom stereocenters. The molecule has 6 nitrogen and oxygen atoms in total. The summed E-state index contributed by atoms with van der Waals surface area (Å²) in [5.41, 5.74) is 4.16. The fraction of sp³-hybridized carbons (Fsp3) is 0.524. The molecule has 2 aromatic rings. The van der Waals surface area contributed by atoms with E-state index >= 15 is 0 Å². The van der Waals surface area contributed by atoms with Crippen LogP contribution in [0.15, 0.2) is 24.4 Å². The highest BCUT2D eigenvalue weighted by molar-refractivity contribution is 6.63. The Balaban J connectivity index is 1.75. The molecule has 0 saturated heterocycles. The molecule has 0 spiro atoms. The molecule has 150 valence electrons. The van der Waals surface area contributed by atoms with E-state index in [1.807, 2.05) is 20.0 Å². The van der Waals surface area contributed by atoms with Gasteiger partial charge in [-0.1, -0.05) is 18.2 Å². The van der Waals surface area contributed by atoms with Gasteiger partial charge in [0.2, 0.25) is 0 Å². The summed E-state index contributed by atoms with van der Waals surface area (Å²) in [5.74, 6) is 0.0761. The maximum atomic E-state index is 12.7. The summed E-state index contributed by atoms with van der Waals surface area (Å²) in [6.45, 7) is 7.58. The third kappa shape index (κ3) is 4.54. The van der Waals surface area contributed by atoms with Gasteiger partial charge in [-0.15, -0.1) is 0 Å². The summed E-state index contributed by atoms with van der Waals surface area (Å²) < 4.78 is 13.9. The standard InChI is InChI=1S/C21H30BN3O3/c1-15-17(14-25(6)23-15)20(26)13-16-8-9-18-19(12-16)22(28-21(18,2)3)27-11-7-10-24(4)5/h8-9,12,14H,7,10-11,13H2,1-6H3. The Morgan fingerprint density at radius 3 is 2.75 bits per heavy atom. The predicted molar refractivity (Wildman–Crippen MR) is 111 cm³/mol. The number of nitrogens with zero attached hydrogens (tertiary/aromatic N) is 3. The van der Waals surface area contributed by atoms with E-state index in [0.29, 0.717) is 18.6 Å². The zero-order chi connectivity index (χ0) is 20.5. The van der Waals surface area contributed by atoms with Crippen molar-refractivity contribution in [2.75, 3.05) is 27.2 Å². The Bertz CT molecular complexity index is 861. The predicted octanol–water partition coefficient (Wildman–Crippen LogP) is 2.08. The monoisotopic (exact) mass is 383 g/mol. The van der Waals surface area contributed by atoms with Gasteiger partial charge in [-0.25, -0.2) is 0 Å². The summed E-state index contributed by atoms with van der Waals surface area (Å²) in [4.78, 5) is 14.9. The normalized spacial score (nSPS) is 15.3. The Labute approximate surface area is 168 Å². The molecule has 1 aliphatic rings. The summed E-state index contributed by atoms with van der Waals surface area (Å²) >= 11 is 0. The van der Waals surface area contributed by atoms with E-state index < -0.39 is 5.60 Å². The molecule has 1 aromatic heterocycles. The highest BCUT2D eigenvalue weighted by Gasteiger charge is 2.42. The van der Waals surface area contributed by atoms with Crippen molar-refractivity contribution in [1.82, 2.24) is 14.7 Å². The van der Waals surface area contributed by atoms with Gasteiger partial charge in [-0.3, -0.25) is 9.48 Å². The van der Waals surface area contributed by atoms with E-state index in [2.05, 4.69) is 50.1 Å². The van der Waals surface area contributed by atoms with Crippen LogP contribution >= 0.6 is 0 Å². The van der Waals surface area contributed by atoms with Gasteiger partial charge < -0.3 is 14.2 Å². The molecule has 3 rings (SSSR count). The molecule has 0 saturated carbocycles. The minimum atomic E-state index is -0.399. The first-order chi connectivity index (χ1) is 13.2. The average molecular weight is 383 g/mol. The van der Waals surface area contributed by atoms with Crippen molar-refractivity contribution >= 4 is 18.4 Å². The van der Waals surface area contributed by atoms with Gasteiger partial charge in [0, 0.05) is 26.3 Å². The summed E-state index contributed by atoms with van der Waals surface area (Å²) in [6, 6.07) is 6.14. The number of ketones is 1. The van der Waals surface area contributed by atoms with Gasteiger partial charge in [0.05, 0.1) is 16.9 Å². The molecule has 0 aliphatic carbocycles. The van der Waals surface area contributed by atoms with Crippen molar-refractivity contribution in [1.29, 1.82) is 0 Å². The Hall–Kier alpha value is -1.96. The second-order valence-electron chi connectivity index (χ2n) is 8.31. The largest absolute Gasteiger partial charge is 0.494 e. The van der Waals surface area contributed by atoms with Gasteiger partial charge in [-0.2, -0.15) is 5.10 Å². The number of carbonyl (C=O) groups is 1. The van der Waals surface area contributed by atoms with Crippen molar-refractivity contribution in [2.24, 2.45) is 7.05 Å². The SMILES string of the molecule is Cc1nn(C)cc1C(=O)Cc1ccc2c(c1)B(OCCCN(C)C)OC2(C)C. The van der Waals surface area contributed by atoms with Crippen LogP contribution in [0.3, 0.4) is 0 Å². The first-order valence-corrected chi connectivity index (χ1v) is 9.78. The number of fused-ring (bicyclic) bond motifs is 1. The van der Waals surface area contributed by atoms with Crippen molar-refractivity contribution in [3.8, 4) is 0 Å². The van der Waals surface area contributed by atoms with Crippen LogP contribution in [0.1, 0.15) is 47.4 Å². The minimum absolute atomic E-state index is 0.0761. The topological polar surface area (TPSA) is 56.6 Å². The summed E-state index contributed by atoms with van der Waals surface area (Å²) in [6.07, 6.45) is 3.07. The number of carbonyl (C=O) groups excluding carboxylic acids is 1. The van der Waals surface area contributed by atoms with Crippen LogP contribution in [-0.2, 0) is 28.4 Å². The second kappa shape index (κ2) is 8.19. The molecule has 28 heavy (non-hydrogen) atoms. The summed E-state index contributed by atoms with van der Waals surface area (Å²) in [7, 11) is 5.55. The van der Waals surface area contributed by atoms with Crippen molar-refractivity contribution in [3.05, 3.63) is 46.8 Å². The molecule has 1 aliphatic heterocycles. The lowest BCUT2D eigenvalue weighted by Gasteiger charge is -2.20. The fourth-order valence-electron chi connectivity index (χ4n) is 3.71. The third-order valence-corrected chi connectivity index (χ3v) is 5.12. The fourth-order valence-corrected chi connectivity index (χ4v) is 3.71. The van der Waals surface area contributed by atoms with E-state index in [1.54, 1.807) is 10.9 Å². The zero-order valence-electron chi connectivity index (χ0n) is 17.8. The van der Waals surface area contributed by atoms with E-state index in [-0.39, 0.29) is 12.9 Å². The van der Waals surface area contributed by atoms with E-state index in [1.165, 1.54) is 0 Å². The number of Topliss-reactive ketones (excluding diaryl/α,β-unsaturated/α-hetero) is 1. The van der Waals surface area contributed by atoms with Crippen LogP contribution in [0.2, 0.25) is 0 Å². The van der Waals surface area contributed by atoms with Crippen molar-refractivity contribution in [3.63, 3.8) is 0 Å². The number of aryl methyl sites for hydroxylation is 2. The van der Waals surface area contributed by atoms with Crippen LogP contribution in [0.5, 0.6) is 0 Å². The highest BCUT2D eigenvalue weighted by Crippen LogP contribution is 2.31. The number of benzene rings is 1. The molecule has 1 aromatic carbocycles. The van der Waals surface area contributed by atoms with Crippen LogP contribution in [0, 0.1) is 6.92 Å². The van der Waals surface area contributed by atoms with Gasteiger partial charge >= 0.3 is 7.12 Å². The molecule has 0 fully saturated rings. The van der Waals surface area contributed by atoms with Gasteiger partial charge in [0.25, 0.3) is 0 Å². The second-order valence-corrected chi connectivity index (χ2v) is 8.31. The molecule has 0 unspecified atom stereocenters. The van der Waals surface area contributed by atoms with Crippen molar-refractivity contribution < 1.29 is 14.1 Å². The quantitative estimate of drug-likeness (QED) is 0.397. The Morgan fingerprint density at radius 2 is 2.11 bits per heavy atom. The van der Waals surface area contributed by atoms with Crippen molar-refractivity contribution in [2.45, 2.75) is 39.2 Å². The van der Waals surface area contributed by atoms with Crippen LogP contribution in [0.25, 0.3) is 0 Å². The molecular formula is C21H30BN3O3. The number of rotatable bonds is 8. The van der Waals surface area contributed by atoms with E-state index in [4.69, 9.17) is 9.31 Å². The molecule has 2 heterocycles. The lowest BCUT2D eigenvalue weighted by Crippen LogP contribution is -2.34. The molecule has 0 bridgehead atoms. The van der Waals surface area contributed by atoms with Gasteiger partial charge in [0.15, 0.2) is 5.78 Å². The third-order valence-electron chi connectivity index (χ3n) is 5.12. The molecule has 0 amide bonds. The highest BCUT2D eigenvalue weighted by atomic mass is 16.6. The van der Waals surface area contributed by atoms with Crippen LogP contribution in [-0.4, -0.2) is 54.8 Å². The Morgan fingerprint density at radius 1 is 1.36 bits per heavy atom. The first kappa shape index (κ1) is 20.8. The lowest BCUT2D eigenvalue weighted by atomic mass is 9.76. The maximum Gasteiger partial charge on any atom is 0.494 e. The maximum absolute atomic E-state index is 12.7. The smallest absolute Gasteiger partial charge is 0.407 e. The lowest BCUT2D eigenvalue weighted by molar-refractivity contribution is 0.0834. The number of aromatic nitrogens is 2.